The van der Waals surface area contributed by atoms with Gasteiger partial charge in [0.25, 0.3) is 0 Å². The Bertz CT molecular complexity index is 619. The van der Waals surface area contributed by atoms with E-state index >= 15 is 0 Å². The summed E-state index contributed by atoms with van der Waals surface area (Å²) in [7, 11) is 0. The number of nitrogens with zero attached hydrogens (tertiary/aromatic N) is 1. The summed E-state index contributed by atoms with van der Waals surface area (Å²) in [5.74, 6) is 0.548. The van der Waals surface area contributed by atoms with E-state index in [2.05, 4.69) is 31.5 Å². The third kappa shape index (κ3) is 3.94. The van der Waals surface area contributed by atoms with Crippen molar-refractivity contribution in [1.29, 1.82) is 0 Å². The lowest BCUT2D eigenvalue weighted by molar-refractivity contribution is -0.114. The quantitative estimate of drug-likeness (QED) is 0.880. The molecule has 0 saturated carbocycles. The van der Waals surface area contributed by atoms with E-state index in [-0.39, 0.29) is 5.91 Å². The van der Waals surface area contributed by atoms with E-state index in [0.29, 0.717) is 10.8 Å². The Morgan fingerprint density at radius 3 is 2.74 bits per heavy atom. The van der Waals surface area contributed by atoms with Gasteiger partial charge in [-0.25, -0.2) is 4.98 Å². The van der Waals surface area contributed by atoms with E-state index in [9.17, 15) is 4.79 Å². The highest BCUT2D eigenvalue weighted by Gasteiger charge is 2.04. The first-order valence-corrected chi connectivity index (χ1v) is 6.67. The fraction of sp³-hybridized carbons (Fsp3) is 0.0769. The maximum Gasteiger partial charge on any atom is 0.221 e. The van der Waals surface area contributed by atoms with Gasteiger partial charge in [0.1, 0.15) is 5.82 Å². The summed E-state index contributed by atoms with van der Waals surface area (Å²) < 4.78 is 0.768. The lowest BCUT2D eigenvalue weighted by atomic mass is 10.2. The van der Waals surface area contributed by atoms with Crippen molar-refractivity contribution in [2.75, 3.05) is 10.6 Å². The number of halogens is 2. The first kappa shape index (κ1) is 13.8. The number of pyridine rings is 1. The van der Waals surface area contributed by atoms with E-state index in [1.165, 1.54) is 6.92 Å². The van der Waals surface area contributed by atoms with Gasteiger partial charge in [-0.1, -0.05) is 17.7 Å². The number of amides is 1. The van der Waals surface area contributed by atoms with Gasteiger partial charge in [-0.05, 0) is 40.2 Å². The molecule has 0 aliphatic heterocycles. The van der Waals surface area contributed by atoms with Gasteiger partial charge in [0.2, 0.25) is 5.91 Å². The van der Waals surface area contributed by atoms with Crippen molar-refractivity contribution in [2.24, 2.45) is 0 Å². The Hall–Kier alpha value is -1.59. The number of aromatic nitrogens is 1. The van der Waals surface area contributed by atoms with Gasteiger partial charge in [-0.2, -0.15) is 0 Å². The number of rotatable bonds is 3. The fourth-order valence-corrected chi connectivity index (χ4v) is 2.26. The standard InChI is InChI=1S/C13H11BrClN3O/c1-8(19)17-10-3-2-4-11(6-10)18-13-12(14)5-9(15)7-16-13/h2-7H,1H3,(H,16,18)(H,17,19). The number of carbonyl (C=O) groups excluding carboxylic acids is 1. The van der Waals surface area contributed by atoms with Crippen LogP contribution in [-0.2, 0) is 4.79 Å². The molecule has 2 N–H and O–H groups in total. The highest BCUT2D eigenvalue weighted by molar-refractivity contribution is 9.10. The van der Waals surface area contributed by atoms with Gasteiger partial charge in [-0.3, -0.25) is 4.79 Å². The number of benzene rings is 1. The van der Waals surface area contributed by atoms with Gasteiger partial charge >= 0.3 is 0 Å². The fourth-order valence-electron chi connectivity index (χ4n) is 1.52. The van der Waals surface area contributed by atoms with Crippen molar-refractivity contribution in [3.05, 3.63) is 46.0 Å². The van der Waals surface area contributed by atoms with Crippen molar-refractivity contribution in [3.8, 4) is 0 Å². The first-order valence-electron chi connectivity index (χ1n) is 5.50. The predicted octanol–water partition coefficient (Wildman–Crippen LogP) is 4.20. The molecule has 0 atom stereocenters. The SMILES string of the molecule is CC(=O)Nc1cccc(Nc2ncc(Cl)cc2Br)c1. The maximum atomic E-state index is 11.0. The highest BCUT2D eigenvalue weighted by Crippen LogP contribution is 2.27. The molecule has 0 saturated heterocycles. The van der Waals surface area contributed by atoms with Crippen molar-refractivity contribution in [1.82, 2.24) is 4.98 Å². The lowest BCUT2D eigenvalue weighted by Gasteiger charge is -2.09. The average molecular weight is 341 g/mol. The van der Waals surface area contributed by atoms with E-state index in [0.717, 1.165) is 15.8 Å². The molecular weight excluding hydrogens is 330 g/mol. The Morgan fingerprint density at radius 2 is 2.05 bits per heavy atom. The molecule has 1 amide bonds. The zero-order valence-corrected chi connectivity index (χ0v) is 12.4. The minimum absolute atomic E-state index is 0.108. The number of hydrogen-bond donors (Lipinski definition) is 2. The third-order valence-corrected chi connectivity index (χ3v) is 3.06. The number of anilines is 3. The van der Waals surface area contributed by atoms with Crippen LogP contribution < -0.4 is 10.6 Å². The molecule has 2 rings (SSSR count). The van der Waals surface area contributed by atoms with Gasteiger partial charge in [0, 0.05) is 24.5 Å². The van der Waals surface area contributed by atoms with Crippen molar-refractivity contribution >= 4 is 50.6 Å². The van der Waals surface area contributed by atoms with Crippen molar-refractivity contribution < 1.29 is 4.79 Å². The minimum Gasteiger partial charge on any atom is -0.339 e. The smallest absolute Gasteiger partial charge is 0.221 e. The van der Waals surface area contributed by atoms with Crippen LogP contribution in [0.5, 0.6) is 0 Å². The topological polar surface area (TPSA) is 54.0 Å². The molecule has 1 heterocycles. The van der Waals surface area contributed by atoms with Crippen LogP contribution in [-0.4, -0.2) is 10.9 Å². The van der Waals surface area contributed by atoms with Crippen LogP contribution in [0.2, 0.25) is 5.02 Å². The first-order chi connectivity index (χ1) is 9.04. The third-order valence-electron chi connectivity index (χ3n) is 2.25. The van der Waals surface area contributed by atoms with Crippen molar-refractivity contribution in [3.63, 3.8) is 0 Å². The van der Waals surface area contributed by atoms with Gasteiger partial charge in [-0.15, -0.1) is 0 Å². The molecule has 6 heteroatoms. The van der Waals surface area contributed by atoms with Crippen LogP contribution in [0.1, 0.15) is 6.92 Å². The molecule has 0 radical (unpaired) electrons. The second-order valence-electron chi connectivity index (χ2n) is 3.87. The second kappa shape index (κ2) is 6.04. The monoisotopic (exact) mass is 339 g/mol. The molecule has 0 unspecified atom stereocenters. The molecule has 98 valence electrons. The van der Waals surface area contributed by atoms with Gasteiger partial charge in [0.05, 0.1) is 9.50 Å². The summed E-state index contributed by atoms with van der Waals surface area (Å²) >= 11 is 9.22. The highest BCUT2D eigenvalue weighted by atomic mass is 79.9. The Balaban J connectivity index is 2.21. The summed E-state index contributed by atoms with van der Waals surface area (Å²) in [6.45, 7) is 1.47. The lowest BCUT2D eigenvalue weighted by Crippen LogP contribution is -2.05. The van der Waals surface area contributed by atoms with Crippen molar-refractivity contribution in [2.45, 2.75) is 6.92 Å². The molecule has 4 nitrogen and oxygen atoms in total. The summed E-state index contributed by atoms with van der Waals surface area (Å²) in [6, 6.07) is 9.13. The summed E-state index contributed by atoms with van der Waals surface area (Å²) in [4.78, 5) is 15.2. The normalized spacial score (nSPS) is 10.1. The van der Waals surface area contributed by atoms with Crippen LogP contribution in [0.3, 0.4) is 0 Å². The predicted molar refractivity (Wildman–Crippen MR) is 81.0 cm³/mol. The largest absolute Gasteiger partial charge is 0.339 e. The van der Waals surface area contributed by atoms with Gasteiger partial charge in [0.15, 0.2) is 0 Å². The molecule has 19 heavy (non-hydrogen) atoms. The Labute approximate surface area is 124 Å². The number of nitrogens with one attached hydrogen (secondary N) is 2. The van der Waals surface area contributed by atoms with Crippen LogP contribution in [0, 0.1) is 0 Å². The summed E-state index contributed by atoms with van der Waals surface area (Å²) in [6.07, 6.45) is 1.56. The molecule has 2 aromatic rings. The summed E-state index contributed by atoms with van der Waals surface area (Å²) in [5.41, 5.74) is 1.55. The second-order valence-corrected chi connectivity index (χ2v) is 5.16. The van der Waals surface area contributed by atoms with Crippen LogP contribution >= 0.6 is 27.5 Å². The molecule has 0 bridgehead atoms. The zero-order chi connectivity index (χ0) is 13.8. The molecule has 0 fully saturated rings. The summed E-state index contributed by atoms with van der Waals surface area (Å²) in [5, 5.41) is 6.43. The van der Waals surface area contributed by atoms with E-state index in [1.54, 1.807) is 12.3 Å². The Kier molecular flexibility index (Phi) is 4.39. The van der Waals surface area contributed by atoms with Crippen LogP contribution in [0.25, 0.3) is 0 Å². The van der Waals surface area contributed by atoms with E-state index in [1.807, 2.05) is 24.3 Å². The molecule has 0 aliphatic rings. The zero-order valence-electron chi connectivity index (χ0n) is 10.1. The maximum absolute atomic E-state index is 11.0. The number of hydrogen-bond acceptors (Lipinski definition) is 3. The van der Waals surface area contributed by atoms with E-state index in [4.69, 9.17) is 11.6 Å². The molecule has 0 aliphatic carbocycles. The Morgan fingerprint density at radius 1 is 1.32 bits per heavy atom. The van der Waals surface area contributed by atoms with Crippen LogP contribution in [0.4, 0.5) is 17.2 Å². The molecular formula is C13H11BrClN3O. The molecule has 0 spiro atoms. The molecule has 1 aromatic carbocycles. The number of carbonyl (C=O) groups is 1. The molecule has 1 aromatic heterocycles. The van der Waals surface area contributed by atoms with E-state index < -0.39 is 0 Å². The average Bonchev–Trinajstić information content (AvgIpc) is 2.32. The van der Waals surface area contributed by atoms with Crippen LogP contribution in [0.15, 0.2) is 41.0 Å². The van der Waals surface area contributed by atoms with Gasteiger partial charge < -0.3 is 10.6 Å². The minimum atomic E-state index is -0.108.